The predicted molar refractivity (Wildman–Crippen MR) is 82.6 cm³/mol. The van der Waals surface area contributed by atoms with Crippen LogP contribution in [0.25, 0.3) is 0 Å². The Morgan fingerprint density at radius 1 is 1.42 bits per heavy atom. The molecule has 1 aliphatic heterocycles. The molecule has 3 heteroatoms. The first-order valence-corrected chi connectivity index (χ1v) is 7.78. The van der Waals surface area contributed by atoms with Crippen LogP contribution in [0.5, 0.6) is 0 Å². The SMILES string of the molecule is CCCNC1CCN(Cc2cccc(Cl)c2)C(C)C1. The smallest absolute Gasteiger partial charge is 0.0409 e. The lowest BCUT2D eigenvalue weighted by atomic mass is 9.97. The molecule has 1 aliphatic rings. The monoisotopic (exact) mass is 280 g/mol. The molecule has 0 amide bonds. The van der Waals surface area contributed by atoms with Gasteiger partial charge in [0.25, 0.3) is 0 Å². The highest BCUT2D eigenvalue weighted by atomic mass is 35.5. The molecule has 0 saturated carbocycles. The Hall–Kier alpha value is -0.570. The standard InChI is InChI=1S/C16H25ClN2/c1-3-8-18-16-7-9-19(13(2)10-16)12-14-5-4-6-15(17)11-14/h4-6,11,13,16,18H,3,7-10,12H2,1-2H3. The van der Waals surface area contributed by atoms with Gasteiger partial charge in [0.05, 0.1) is 0 Å². The maximum Gasteiger partial charge on any atom is 0.0409 e. The van der Waals surface area contributed by atoms with Crippen molar-refractivity contribution in [2.24, 2.45) is 0 Å². The molecule has 2 unspecified atom stereocenters. The maximum atomic E-state index is 6.05. The van der Waals surface area contributed by atoms with Crippen molar-refractivity contribution in [3.8, 4) is 0 Å². The Kier molecular flexibility index (Phi) is 5.68. The molecule has 106 valence electrons. The predicted octanol–water partition coefficient (Wildman–Crippen LogP) is 3.69. The molecule has 0 bridgehead atoms. The molecule has 0 spiro atoms. The summed E-state index contributed by atoms with van der Waals surface area (Å²) in [7, 11) is 0. The van der Waals surface area contributed by atoms with E-state index in [1.165, 1.54) is 31.4 Å². The molecule has 1 aromatic rings. The van der Waals surface area contributed by atoms with E-state index in [-0.39, 0.29) is 0 Å². The van der Waals surface area contributed by atoms with Gasteiger partial charge in [0, 0.05) is 30.2 Å². The van der Waals surface area contributed by atoms with Crippen molar-refractivity contribution >= 4 is 11.6 Å². The van der Waals surface area contributed by atoms with Gasteiger partial charge in [0.15, 0.2) is 0 Å². The lowest BCUT2D eigenvalue weighted by Gasteiger charge is -2.38. The minimum atomic E-state index is 0.641. The third-order valence-electron chi connectivity index (χ3n) is 3.97. The third-order valence-corrected chi connectivity index (χ3v) is 4.21. The van der Waals surface area contributed by atoms with Crippen molar-refractivity contribution in [1.82, 2.24) is 10.2 Å². The molecule has 2 nitrogen and oxygen atoms in total. The number of rotatable bonds is 5. The van der Waals surface area contributed by atoms with Crippen LogP contribution < -0.4 is 5.32 Å². The number of nitrogens with one attached hydrogen (secondary N) is 1. The summed E-state index contributed by atoms with van der Waals surface area (Å²) < 4.78 is 0. The van der Waals surface area contributed by atoms with E-state index >= 15 is 0 Å². The zero-order valence-electron chi connectivity index (χ0n) is 12.0. The summed E-state index contributed by atoms with van der Waals surface area (Å²) in [5, 5.41) is 4.49. The van der Waals surface area contributed by atoms with E-state index in [1.54, 1.807) is 0 Å². The normalized spacial score (nSPS) is 24.6. The van der Waals surface area contributed by atoms with Gasteiger partial charge in [-0.3, -0.25) is 4.90 Å². The Bertz CT molecular complexity index is 394. The van der Waals surface area contributed by atoms with Crippen LogP contribution in [0.2, 0.25) is 5.02 Å². The first-order chi connectivity index (χ1) is 9.19. The minimum Gasteiger partial charge on any atom is -0.314 e. The average Bonchev–Trinajstić information content (AvgIpc) is 2.39. The van der Waals surface area contributed by atoms with Crippen LogP contribution in [0.4, 0.5) is 0 Å². The van der Waals surface area contributed by atoms with Crippen LogP contribution in [-0.4, -0.2) is 30.1 Å². The second-order valence-electron chi connectivity index (χ2n) is 5.62. The van der Waals surface area contributed by atoms with Crippen LogP contribution >= 0.6 is 11.6 Å². The molecule has 0 radical (unpaired) electrons. The molecule has 1 saturated heterocycles. The van der Waals surface area contributed by atoms with Gasteiger partial charge < -0.3 is 5.32 Å². The second kappa shape index (κ2) is 7.28. The lowest BCUT2D eigenvalue weighted by molar-refractivity contribution is 0.129. The van der Waals surface area contributed by atoms with Gasteiger partial charge in [-0.15, -0.1) is 0 Å². The van der Waals surface area contributed by atoms with E-state index in [4.69, 9.17) is 11.6 Å². The maximum absolute atomic E-state index is 6.05. The van der Waals surface area contributed by atoms with E-state index in [2.05, 4.69) is 36.2 Å². The molecule has 1 heterocycles. The van der Waals surface area contributed by atoms with E-state index in [9.17, 15) is 0 Å². The third kappa shape index (κ3) is 4.48. The first kappa shape index (κ1) is 14.8. The van der Waals surface area contributed by atoms with Crippen LogP contribution in [0.1, 0.15) is 38.7 Å². The van der Waals surface area contributed by atoms with Crippen LogP contribution in [0, 0.1) is 0 Å². The van der Waals surface area contributed by atoms with Crippen molar-refractivity contribution in [2.75, 3.05) is 13.1 Å². The molecular formula is C16H25ClN2. The minimum absolute atomic E-state index is 0.641. The molecule has 1 N–H and O–H groups in total. The van der Waals surface area contributed by atoms with Crippen LogP contribution in [0.15, 0.2) is 24.3 Å². The van der Waals surface area contributed by atoms with Gasteiger partial charge >= 0.3 is 0 Å². The fourth-order valence-corrected chi connectivity index (χ4v) is 3.07. The van der Waals surface area contributed by atoms with E-state index < -0.39 is 0 Å². The van der Waals surface area contributed by atoms with Crippen molar-refractivity contribution in [3.63, 3.8) is 0 Å². The Labute approximate surface area is 122 Å². The molecule has 2 rings (SSSR count). The van der Waals surface area contributed by atoms with Crippen LogP contribution in [0.3, 0.4) is 0 Å². The van der Waals surface area contributed by atoms with Gasteiger partial charge in [0.1, 0.15) is 0 Å². The number of benzene rings is 1. The van der Waals surface area contributed by atoms with Gasteiger partial charge in [0.2, 0.25) is 0 Å². The van der Waals surface area contributed by atoms with Gasteiger partial charge in [-0.1, -0.05) is 30.7 Å². The highest BCUT2D eigenvalue weighted by molar-refractivity contribution is 6.30. The highest BCUT2D eigenvalue weighted by Gasteiger charge is 2.24. The van der Waals surface area contributed by atoms with E-state index in [0.717, 1.165) is 18.1 Å². The van der Waals surface area contributed by atoms with Crippen molar-refractivity contribution in [2.45, 2.75) is 51.7 Å². The largest absolute Gasteiger partial charge is 0.314 e. The summed E-state index contributed by atoms with van der Waals surface area (Å²) in [4.78, 5) is 2.57. The zero-order chi connectivity index (χ0) is 13.7. The summed E-state index contributed by atoms with van der Waals surface area (Å²) in [6, 6.07) is 9.57. The highest BCUT2D eigenvalue weighted by Crippen LogP contribution is 2.21. The molecule has 1 aromatic carbocycles. The number of hydrogen-bond acceptors (Lipinski definition) is 2. The summed E-state index contributed by atoms with van der Waals surface area (Å²) in [5.74, 6) is 0. The summed E-state index contributed by atoms with van der Waals surface area (Å²) in [6.45, 7) is 7.90. The van der Waals surface area contributed by atoms with E-state index in [0.29, 0.717) is 12.1 Å². The number of halogens is 1. The molecular weight excluding hydrogens is 256 g/mol. The Morgan fingerprint density at radius 3 is 2.95 bits per heavy atom. The zero-order valence-corrected chi connectivity index (χ0v) is 12.8. The fourth-order valence-electron chi connectivity index (χ4n) is 2.86. The Morgan fingerprint density at radius 2 is 2.26 bits per heavy atom. The number of hydrogen-bond donors (Lipinski definition) is 1. The van der Waals surface area contributed by atoms with Gasteiger partial charge in [-0.05, 0) is 50.4 Å². The Balaban J connectivity index is 1.86. The quantitative estimate of drug-likeness (QED) is 0.885. The van der Waals surface area contributed by atoms with Crippen molar-refractivity contribution < 1.29 is 0 Å². The molecule has 0 aliphatic carbocycles. The summed E-state index contributed by atoms with van der Waals surface area (Å²) in [6.07, 6.45) is 3.72. The van der Waals surface area contributed by atoms with Crippen molar-refractivity contribution in [1.29, 1.82) is 0 Å². The van der Waals surface area contributed by atoms with Gasteiger partial charge in [-0.2, -0.15) is 0 Å². The molecule has 19 heavy (non-hydrogen) atoms. The molecule has 1 fully saturated rings. The van der Waals surface area contributed by atoms with Crippen LogP contribution in [-0.2, 0) is 6.54 Å². The second-order valence-corrected chi connectivity index (χ2v) is 6.06. The summed E-state index contributed by atoms with van der Waals surface area (Å²) >= 11 is 6.05. The topological polar surface area (TPSA) is 15.3 Å². The average molecular weight is 281 g/mol. The summed E-state index contributed by atoms with van der Waals surface area (Å²) in [5.41, 5.74) is 1.32. The number of nitrogens with zero attached hydrogens (tertiary/aromatic N) is 1. The first-order valence-electron chi connectivity index (χ1n) is 7.41. The number of piperidine rings is 1. The van der Waals surface area contributed by atoms with E-state index in [1.807, 2.05) is 12.1 Å². The van der Waals surface area contributed by atoms with Crippen molar-refractivity contribution in [3.05, 3.63) is 34.9 Å². The lowest BCUT2D eigenvalue weighted by Crippen LogP contribution is -2.47. The fraction of sp³-hybridized carbons (Fsp3) is 0.625. The van der Waals surface area contributed by atoms with Gasteiger partial charge in [-0.25, -0.2) is 0 Å². The number of likely N-dealkylation sites (tertiary alicyclic amines) is 1. The molecule has 0 aromatic heterocycles. The molecule has 2 atom stereocenters.